The third-order valence-electron chi connectivity index (χ3n) is 4.77. The summed E-state index contributed by atoms with van der Waals surface area (Å²) in [7, 11) is 0. The molecule has 2 aliphatic rings. The highest BCUT2D eigenvalue weighted by Gasteiger charge is 2.38. The molecule has 1 aromatic rings. The third kappa shape index (κ3) is 2.75. The second-order valence-corrected chi connectivity index (χ2v) is 6.09. The Morgan fingerprint density at radius 1 is 1.26 bits per heavy atom. The first-order valence-electron chi connectivity index (χ1n) is 7.36. The molecule has 1 fully saturated rings. The minimum absolute atomic E-state index is 0.126. The van der Waals surface area contributed by atoms with Gasteiger partial charge in [-0.15, -0.1) is 0 Å². The zero-order chi connectivity index (χ0) is 13.2. The molecule has 2 bridgehead atoms. The standard InChI is InChI=1S/C17H23NO/c1-12(17-9-13-5-6-16(17)8-13)18-10-14-3-2-4-15(7-14)11-19/h2-7,12-13,16-19H,8-11H2,1H3. The maximum Gasteiger partial charge on any atom is 0.0681 e. The summed E-state index contributed by atoms with van der Waals surface area (Å²) < 4.78 is 0. The molecule has 1 aromatic carbocycles. The smallest absolute Gasteiger partial charge is 0.0681 e. The van der Waals surface area contributed by atoms with Crippen molar-refractivity contribution in [3.63, 3.8) is 0 Å². The van der Waals surface area contributed by atoms with E-state index in [4.69, 9.17) is 5.11 Å². The Kier molecular flexibility index (Phi) is 3.72. The molecule has 3 rings (SSSR count). The number of allylic oxidation sites excluding steroid dienone is 2. The van der Waals surface area contributed by atoms with Crippen LogP contribution < -0.4 is 5.32 Å². The second-order valence-electron chi connectivity index (χ2n) is 6.09. The number of fused-ring (bicyclic) bond motifs is 2. The molecule has 2 heteroatoms. The Balaban J connectivity index is 1.55. The van der Waals surface area contributed by atoms with Gasteiger partial charge in [-0.3, -0.25) is 0 Å². The molecule has 19 heavy (non-hydrogen) atoms. The van der Waals surface area contributed by atoms with Crippen molar-refractivity contribution in [2.75, 3.05) is 0 Å². The molecule has 0 saturated heterocycles. The number of aliphatic hydroxyl groups is 1. The maximum atomic E-state index is 9.16. The Morgan fingerprint density at radius 3 is 2.79 bits per heavy atom. The number of hydrogen-bond acceptors (Lipinski definition) is 2. The lowest BCUT2D eigenvalue weighted by Crippen LogP contribution is -2.35. The predicted molar refractivity (Wildman–Crippen MR) is 77.5 cm³/mol. The van der Waals surface area contributed by atoms with E-state index in [9.17, 15) is 0 Å². The lowest BCUT2D eigenvalue weighted by atomic mass is 9.87. The average Bonchev–Trinajstić information content (AvgIpc) is 3.07. The van der Waals surface area contributed by atoms with Gasteiger partial charge in [0.15, 0.2) is 0 Å². The molecular formula is C17H23NO. The van der Waals surface area contributed by atoms with Gasteiger partial charge in [0.1, 0.15) is 0 Å². The topological polar surface area (TPSA) is 32.3 Å². The van der Waals surface area contributed by atoms with Crippen molar-refractivity contribution in [2.24, 2.45) is 17.8 Å². The number of benzene rings is 1. The molecule has 4 unspecified atom stereocenters. The summed E-state index contributed by atoms with van der Waals surface area (Å²) in [6, 6.07) is 8.76. The monoisotopic (exact) mass is 257 g/mol. The molecule has 2 nitrogen and oxygen atoms in total. The first-order chi connectivity index (χ1) is 9.26. The molecule has 1 saturated carbocycles. The number of hydrogen-bond donors (Lipinski definition) is 2. The Bertz CT molecular complexity index is 468. The third-order valence-corrected chi connectivity index (χ3v) is 4.77. The van der Waals surface area contributed by atoms with Crippen LogP contribution in [0.2, 0.25) is 0 Å². The van der Waals surface area contributed by atoms with Gasteiger partial charge in [-0.25, -0.2) is 0 Å². The van der Waals surface area contributed by atoms with E-state index in [0.717, 1.165) is 29.9 Å². The Morgan fingerprint density at radius 2 is 2.11 bits per heavy atom. The number of rotatable bonds is 5. The van der Waals surface area contributed by atoms with Gasteiger partial charge in [-0.2, -0.15) is 0 Å². The lowest BCUT2D eigenvalue weighted by Gasteiger charge is -2.26. The summed E-state index contributed by atoms with van der Waals surface area (Å²) in [5, 5.41) is 12.8. The Labute approximate surface area is 115 Å². The number of aliphatic hydroxyl groups excluding tert-OH is 1. The van der Waals surface area contributed by atoms with Crippen LogP contribution in [0.3, 0.4) is 0 Å². The normalized spacial score (nSPS) is 29.9. The van der Waals surface area contributed by atoms with Crippen LogP contribution in [0.4, 0.5) is 0 Å². The fourth-order valence-electron chi connectivity index (χ4n) is 3.67. The highest BCUT2D eigenvalue weighted by Crippen LogP contribution is 2.44. The van der Waals surface area contributed by atoms with E-state index in [0.29, 0.717) is 6.04 Å². The van der Waals surface area contributed by atoms with E-state index in [1.807, 2.05) is 12.1 Å². The first kappa shape index (κ1) is 12.9. The summed E-state index contributed by atoms with van der Waals surface area (Å²) in [5.41, 5.74) is 2.26. The van der Waals surface area contributed by atoms with Crippen molar-refractivity contribution in [3.8, 4) is 0 Å². The van der Waals surface area contributed by atoms with Gasteiger partial charge in [0.05, 0.1) is 6.61 Å². The zero-order valence-corrected chi connectivity index (χ0v) is 11.5. The van der Waals surface area contributed by atoms with E-state index in [2.05, 4.69) is 36.5 Å². The van der Waals surface area contributed by atoms with Crippen LogP contribution in [0.1, 0.15) is 30.9 Å². The summed E-state index contributed by atoms with van der Waals surface area (Å²) in [6.45, 7) is 3.34. The molecule has 4 atom stereocenters. The molecule has 102 valence electrons. The molecule has 0 radical (unpaired) electrons. The van der Waals surface area contributed by atoms with E-state index >= 15 is 0 Å². The van der Waals surface area contributed by atoms with E-state index in [1.165, 1.54) is 18.4 Å². The van der Waals surface area contributed by atoms with Crippen molar-refractivity contribution < 1.29 is 5.11 Å². The van der Waals surface area contributed by atoms with Crippen LogP contribution >= 0.6 is 0 Å². The van der Waals surface area contributed by atoms with Crippen molar-refractivity contribution in [1.29, 1.82) is 0 Å². The van der Waals surface area contributed by atoms with Crippen molar-refractivity contribution in [2.45, 2.75) is 39.0 Å². The second kappa shape index (κ2) is 5.48. The zero-order valence-electron chi connectivity index (χ0n) is 11.5. The van der Waals surface area contributed by atoms with Gasteiger partial charge in [0, 0.05) is 12.6 Å². The first-order valence-corrected chi connectivity index (χ1v) is 7.36. The van der Waals surface area contributed by atoms with E-state index in [1.54, 1.807) is 0 Å². The summed E-state index contributed by atoms with van der Waals surface area (Å²) >= 11 is 0. The van der Waals surface area contributed by atoms with Gasteiger partial charge in [0.25, 0.3) is 0 Å². The minimum Gasteiger partial charge on any atom is -0.392 e. The van der Waals surface area contributed by atoms with Crippen LogP contribution in [0.25, 0.3) is 0 Å². The Hall–Kier alpha value is -1.12. The van der Waals surface area contributed by atoms with Crippen molar-refractivity contribution >= 4 is 0 Å². The summed E-state index contributed by atoms with van der Waals surface area (Å²) in [4.78, 5) is 0. The van der Waals surface area contributed by atoms with Gasteiger partial charge in [0.2, 0.25) is 0 Å². The van der Waals surface area contributed by atoms with Gasteiger partial charge < -0.3 is 10.4 Å². The molecule has 2 N–H and O–H groups in total. The fourth-order valence-corrected chi connectivity index (χ4v) is 3.67. The molecule has 2 aliphatic carbocycles. The van der Waals surface area contributed by atoms with Gasteiger partial charge >= 0.3 is 0 Å². The highest BCUT2D eigenvalue weighted by molar-refractivity contribution is 5.23. The summed E-state index contributed by atoms with van der Waals surface area (Å²) in [5.74, 6) is 2.45. The van der Waals surface area contributed by atoms with Crippen LogP contribution in [0, 0.1) is 17.8 Å². The predicted octanol–water partition coefficient (Wildman–Crippen LogP) is 2.87. The molecule has 0 amide bonds. The largest absolute Gasteiger partial charge is 0.392 e. The molecule has 0 spiro atoms. The van der Waals surface area contributed by atoms with Crippen molar-refractivity contribution in [1.82, 2.24) is 5.32 Å². The van der Waals surface area contributed by atoms with Crippen molar-refractivity contribution in [3.05, 3.63) is 47.5 Å². The van der Waals surface area contributed by atoms with Gasteiger partial charge in [-0.1, -0.05) is 36.4 Å². The average molecular weight is 257 g/mol. The van der Waals surface area contributed by atoms with E-state index in [-0.39, 0.29) is 6.61 Å². The quantitative estimate of drug-likeness (QED) is 0.795. The van der Waals surface area contributed by atoms with Crippen LogP contribution in [-0.4, -0.2) is 11.1 Å². The van der Waals surface area contributed by atoms with Crippen LogP contribution in [0.5, 0.6) is 0 Å². The minimum atomic E-state index is 0.126. The van der Waals surface area contributed by atoms with E-state index < -0.39 is 0 Å². The fraction of sp³-hybridized carbons (Fsp3) is 0.529. The maximum absolute atomic E-state index is 9.16. The lowest BCUT2D eigenvalue weighted by molar-refractivity contribution is 0.281. The molecule has 0 aliphatic heterocycles. The number of nitrogens with one attached hydrogen (secondary N) is 1. The van der Waals surface area contributed by atoms with Crippen LogP contribution in [-0.2, 0) is 13.2 Å². The molecule has 0 heterocycles. The summed E-state index contributed by atoms with van der Waals surface area (Å²) in [6.07, 6.45) is 7.55. The highest BCUT2D eigenvalue weighted by atomic mass is 16.3. The SMILES string of the molecule is CC(NCc1cccc(CO)c1)C1CC2C=CC1C2. The van der Waals surface area contributed by atoms with Crippen LogP contribution in [0.15, 0.2) is 36.4 Å². The van der Waals surface area contributed by atoms with Gasteiger partial charge in [-0.05, 0) is 48.6 Å². The molecule has 0 aromatic heterocycles. The molecular weight excluding hydrogens is 234 g/mol.